The predicted octanol–water partition coefficient (Wildman–Crippen LogP) is 4.64. The van der Waals surface area contributed by atoms with Gasteiger partial charge in [-0.15, -0.1) is 0 Å². The van der Waals surface area contributed by atoms with E-state index in [2.05, 4.69) is 62.2 Å². The van der Waals surface area contributed by atoms with E-state index in [1.807, 2.05) is 13.0 Å². The highest BCUT2D eigenvalue weighted by Crippen LogP contribution is 2.32. The smallest absolute Gasteiger partial charge is 0.158 e. The van der Waals surface area contributed by atoms with Crippen molar-refractivity contribution >= 4 is 22.4 Å². The van der Waals surface area contributed by atoms with Gasteiger partial charge in [-0.3, -0.25) is 9.98 Å². The topological polar surface area (TPSA) is 66.8 Å². The van der Waals surface area contributed by atoms with Crippen molar-refractivity contribution in [2.24, 2.45) is 4.99 Å². The number of aryl methyl sites for hydroxylation is 1. The molecule has 26 heavy (non-hydrogen) atoms. The van der Waals surface area contributed by atoms with Gasteiger partial charge in [-0.25, -0.2) is 9.97 Å². The zero-order chi connectivity index (χ0) is 17.7. The Labute approximate surface area is 150 Å². The molecule has 5 nitrogen and oxygen atoms in total. The van der Waals surface area contributed by atoms with E-state index in [9.17, 15) is 0 Å². The van der Waals surface area contributed by atoms with Crippen LogP contribution in [-0.2, 0) is 6.42 Å². The van der Waals surface area contributed by atoms with E-state index in [-0.39, 0.29) is 0 Å². The minimum absolute atomic E-state index is 0.739. The van der Waals surface area contributed by atoms with Crippen LogP contribution >= 0.6 is 0 Å². The van der Waals surface area contributed by atoms with E-state index in [1.54, 1.807) is 12.4 Å². The number of aromatic nitrogens is 4. The Morgan fingerprint density at radius 3 is 2.62 bits per heavy atom. The molecule has 1 aliphatic rings. The normalized spacial score (nSPS) is 13.1. The average Bonchev–Trinajstić information content (AvgIpc) is 3.23. The molecule has 0 fully saturated rings. The van der Waals surface area contributed by atoms with Gasteiger partial charge >= 0.3 is 0 Å². The first-order chi connectivity index (χ1) is 12.7. The predicted molar refractivity (Wildman–Crippen MR) is 104 cm³/mol. The summed E-state index contributed by atoms with van der Waals surface area (Å²) in [5.41, 5.74) is 9.47. The van der Waals surface area contributed by atoms with E-state index >= 15 is 0 Å². The monoisotopic (exact) mass is 339 g/mol. The largest absolute Gasteiger partial charge is 0.337 e. The molecule has 0 saturated heterocycles. The summed E-state index contributed by atoms with van der Waals surface area (Å²) in [6.07, 6.45) is 4.44. The number of aromatic amines is 1. The zero-order valence-electron chi connectivity index (χ0n) is 14.6. The fraction of sp³-hybridized carbons (Fsp3) is 0.143. The summed E-state index contributed by atoms with van der Waals surface area (Å²) >= 11 is 0. The summed E-state index contributed by atoms with van der Waals surface area (Å²) in [4.78, 5) is 21.3. The van der Waals surface area contributed by atoms with Crippen molar-refractivity contribution in [1.29, 1.82) is 0 Å². The molecule has 3 heterocycles. The number of nitrogens with one attached hydrogen (secondary N) is 1. The molecule has 1 N–H and O–H groups in total. The third kappa shape index (κ3) is 2.49. The first-order valence-electron chi connectivity index (χ1n) is 8.62. The number of hydrogen-bond acceptors (Lipinski definition) is 4. The van der Waals surface area contributed by atoms with Crippen molar-refractivity contribution in [3.63, 3.8) is 0 Å². The number of rotatable bonds is 2. The van der Waals surface area contributed by atoms with Gasteiger partial charge in [0.25, 0.3) is 0 Å². The zero-order valence-corrected chi connectivity index (χ0v) is 14.6. The minimum atomic E-state index is 0.739. The Hall–Kier alpha value is -3.34. The molecule has 2 aromatic heterocycles. The molecule has 2 aromatic carbocycles. The summed E-state index contributed by atoms with van der Waals surface area (Å²) in [5.74, 6) is 0.739. The van der Waals surface area contributed by atoms with Gasteiger partial charge in [0.05, 0.1) is 28.6 Å². The maximum Gasteiger partial charge on any atom is 0.158 e. The van der Waals surface area contributed by atoms with Gasteiger partial charge in [0, 0.05) is 18.3 Å². The highest BCUT2D eigenvalue weighted by molar-refractivity contribution is 5.93. The van der Waals surface area contributed by atoms with Gasteiger partial charge < -0.3 is 4.98 Å². The van der Waals surface area contributed by atoms with Crippen molar-refractivity contribution in [1.82, 2.24) is 19.9 Å². The SMILES string of the molecule is CC1=Nc2ccc(-c3ccc4nc(-c5cnc(C)cn5)[nH]c4c3)cc2C1. The molecular weight excluding hydrogens is 322 g/mol. The molecule has 5 heteroatoms. The number of fused-ring (bicyclic) bond motifs is 2. The van der Waals surface area contributed by atoms with Crippen LogP contribution in [0.25, 0.3) is 33.7 Å². The number of nitrogens with zero attached hydrogens (tertiary/aromatic N) is 4. The van der Waals surface area contributed by atoms with Crippen LogP contribution in [0.4, 0.5) is 5.69 Å². The lowest BCUT2D eigenvalue weighted by atomic mass is 10.0. The molecule has 1 aliphatic heterocycles. The van der Waals surface area contributed by atoms with Gasteiger partial charge in [0.1, 0.15) is 5.69 Å². The molecule has 0 bridgehead atoms. The Morgan fingerprint density at radius 1 is 0.923 bits per heavy atom. The number of imidazole rings is 1. The lowest BCUT2D eigenvalue weighted by molar-refractivity contribution is 1.10. The second-order valence-electron chi connectivity index (χ2n) is 6.73. The quantitative estimate of drug-likeness (QED) is 0.578. The summed E-state index contributed by atoms with van der Waals surface area (Å²) in [6, 6.07) is 12.8. The molecule has 5 rings (SSSR count). The lowest BCUT2D eigenvalue weighted by Gasteiger charge is -2.04. The maximum atomic E-state index is 4.64. The van der Waals surface area contributed by atoms with Crippen LogP contribution in [-0.4, -0.2) is 25.6 Å². The van der Waals surface area contributed by atoms with Crippen LogP contribution in [0.3, 0.4) is 0 Å². The summed E-state index contributed by atoms with van der Waals surface area (Å²) in [7, 11) is 0. The highest BCUT2D eigenvalue weighted by atomic mass is 15.0. The molecule has 0 saturated carbocycles. The van der Waals surface area contributed by atoms with Crippen LogP contribution in [0.15, 0.2) is 53.8 Å². The summed E-state index contributed by atoms with van der Waals surface area (Å²) in [5, 5.41) is 0. The fourth-order valence-electron chi connectivity index (χ4n) is 3.36. The van der Waals surface area contributed by atoms with E-state index in [0.717, 1.165) is 45.9 Å². The van der Waals surface area contributed by atoms with Gasteiger partial charge in [-0.2, -0.15) is 0 Å². The Bertz CT molecular complexity index is 1170. The van der Waals surface area contributed by atoms with Crippen LogP contribution < -0.4 is 0 Å². The first kappa shape index (κ1) is 15.0. The van der Waals surface area contributed by atoms with Crippen molar-refractivity contribution < 1.29 is 0 Å². The average molecular weight is 339 g/mol. The number of H-pyrrole nitrogens is 1. The van der Waals surface area contributed by atoms with Crippen molar-refractivity contribution in [3.05, 3.63) is 60.0 Å². The molecule has 0 amide bonds. The maximum absolute atomic E-state index is 4.64. The van der Waals surface area contributed by atoms with Crippen molar-refractivity contribution in [2.75, 3.05) is 0 Å². The summed E-state index contributed by atoms with van der Waals surface area (Å²) in [6.45, 7) is 4.00. The molecular formula is C21H17N5. The third-order valence-electron chi connectivity index (χ3n) is 4.68. The highest BCUT2D eigenvalue weighted by Gasteiger charge is 2.13. The van der Waals surface area contributed by atoms with Gasteiger partial charge in [-0.05, 0) is 54.8 Å². The van der Waals surface area contributed by atoms with Crippen LogP contribution in [0.1, 0.15) is 18.2 Å². The van der Waals surface area contributed by atoms with Gasteiger partial charge in [-0.1, -0.05) is 12.1 Å². The lowest BCUT2D eigenvalue weighted by Crippen LogP contribution is -1.89. The van der Waals surface area contributed by atoms with E-state index in [0.29, 0.717) is 0 Å². The molecule has 0 unspecified atom stereocenters. The second kappa shape index (κ2) is 5.59. The van der Waals surface area contributed by atoms with Gasteiger partial charge in [0.15, 0.2) is 5.82 Å². The van der Waals surface area contributed by atoms with Crippen LogP contribution in [0.5, 0.6) is 0 Å². The standard InChI is InChI=1S/C21H17N5/c1-12-7-16-8-14(3-5-17(16)24-12)15-4-6-18-19(9-15)26-21(25-18)20-11-22-13(2)10-23-20/h3-6,8-11H,7H2,1-2H3,(H,25,26). The van der Waals surface area contributed by atoms with Crippen LogP contribution in [0.2, 0.25) is 0 Å². The second-order valence-corrected chi connectivity index (χ2v) is 6.73. The van der Waals surface area contributed by atoms with Crippen molar-refractivity contribution in [2.45, 2.75) is 20.3 Å². The molecule has 126 valence electrons. The molecule has 0 aliphatic carbocycles. The summed E-state index contributed by atoms with van der Waals surface area (Å²) < 4.78 is 0. The van der Waals surface area contributed by atoms with E-state index in [1.165, 1.54) is 16.8 Å². The third-order valence-corrected chi connectivity index (χ3v) is 4.68. The Kier molecular flexibility index (Phi) is 3.22. The van der Waals surface area contributed by atoms with Gasteiger partial charge in [0.2, 0.25) is 0 Å². The number of benzene rings is 2. The molecule has 0 radical (unpaired) electrons. The minimum Gasteiger partial charge on any atom is -0.337 e. The fourth-order valence-corrected chi connectivity index (χ4v) is 3.36. The van der Waals surface area contributed by atoms with Crippen molar-refractivity contribution in [3.8, 4) is 22.6 Å². The van der Waals surface area contributed by atoms with Crippen LogP contribution in [0, 0.1) is 6.92 Å². The Morgan fingerprint density at radius 2 is 1.77 bits per heavy atom. The van der Waals surface area contributed by atoms with E-state index < -0.39 is 0 Å². The Balaban J connectivity index is 1.54. The number of hydrogen-bond donors (Lipinski definition) is 1. The number of aliphatic imine (C=N–C) groups is 1. The molecule has 0 atom stereocenters. The van der Waals surface area contributed by atoms with E-state index in [4.69, 9.17) is 0 Å². The molecule has 0 spiro atoms. The molecule has 4 aromatic rings. The first-order valence-corrected chi connectivity index (χ1v) is 8.62.